The third-order valence-corrected chi connectivity index (χ3v) is 4.78. The van der Waals surface area contributed by atoms with Crippen molar-refractivity contribution in [1.82, 2.24) is 5.32 Å². The predicted octanol–water partition coefficient (Wildman–Crippen LogP) is 4.27. The molecule has 2 N–H and O–H groups in total. The number of benzene rings is 2. The standard InChI is InChI=1S/C20H22ClN3O2/c1-3-19(25)24-9-8-15-10-14(5-7-18(15)24)12-22-20(26)23-17-11-16(21)6-4-13(17)2/h4-7,10-11H,3,8-9,12H2,1-2H3,(H2,22,23,26). The highest BCUT2D eigenvalue weighted by Crippen LogP contribution is 2.29. The summed E-state index contributed by atoms with van der Waals surface area (Å²) >= 11 is 5.97. The number of urea groups is 1. The van der Waals surface area contributed by atoms with Gasteiger partial charge in [0.25, 0.3) is 0 Å². The van der Waals surface area contributed by atoms with E-state index in [4.69, 9.17) is 11.6 Å². The van der Waals surface area contributed by atoms with Gasteiger partial charge in [0, 0.05) is 35.9 Å². The summed E-state index contributed by atoms with van der Waals surface area (Å²) in [4.78, 5) is 25.9. The van der Waals surface area contributed by atoms with Crippen LogP contribution >= 0.6 is 11.6 Å². The first-order chi connectivity index (χ1) is 12.5. The molecule has 0 atom stereocenters. The molecule has 1 aliphatic rings. The molecule has 0 saturated carbocycles. The normalized spacial score (nSPS) is 12.7. The lowest BCUT2D eigenvalue weighted by Gasteiger charge is -2.16. The molecule has 3 amide bonds. The van der Waals surface area contributed by atoms with Crippen LogP contribution in [0.4, 0.5) is 16.2 Å². The molecule has 0 radical (unpaired) electrons. The number of nitrogens with one attached hydrogen (secondary N) is 2. The van der Waals surface area contributed by atoms with Crippen molar-refractivity contribution in [2.45, 2.75) is 33.2 Å². The lowest BCUT2D eigenvalue weighted by atomic mass is 10.1. The summed E-state index contributed by atoms with van der Waals surface area (Å²) in [5.74, 6) is 0.144. The van der Waals surface area contributed by atoms with Gasteiger partial charge in [-0.25, -0.2) is 4.79 Å². The number of nitrogens with zero attached hydrogens (tertiary/aromatic N) is 1. The van der Waals surface area contributed by atoms with E-state index >= 15 is 0 Å². The summed E-state index contributed by atoms with van der Waals surface area (Å²) in [6.07, 6.45) is 1.36. The van der Waals surface area contributed by atoms with Crippen molar-refractivity contribution < 1.29 is 9.59 Å². The van der Waals surface area contributed by atoms with Crippen LogP contribution < -0.4 is 15.5 Å². The van der Waals surface area contributed by atoms with Crippen LogP contribution in [0.5, 0.6) is 0 Å². The number of fused-ring (bicyclic) bond motifs is 1. The van der Waals surface area contributed by atoms with Gasteiger partial charge in [0.15, 0.2) is 0 Å². The third-order valence-electron chi connectivity index (χ3n) is 4.54. The number of anilines is 2. The van der Waals surface area contributed by atoms with Gasteiger partial charge in [-0.05, 0) is 48.2 Å². The van der Waals surface area contributed by atoms with Gasteiger partial charge in [-0.2, -0.15) is 0 Å². The second kappa shape index (κ2) is 7.79. The average molecular weight is 372 g/mol. The maximum absolute atomic E-state index is 12.1. The van der Waals surface area contributed by atoms with Gasteiger partial charge in [0.2, 0.25) is 5.91 Å². The molecular weight excluding hydrogens is 350 g/mol. The Morgan fingerprint density at radius 2 is 2.00 bits per heavy atom. The highest BCUT2D eigenvalue weighted by atomic mass is 35.5. The van der Waals surface area contributed by atoms with E-state index in [2.05, 4.69) is 16.7 Å². The highest BCUT2D eigenvalue weighted by Gasteiger charge is 2.23. The van der Waals surface area contributed by atoms with Crippen LogP contribution in [0.2, 0.25) is 5.02 Å². The SMILES string of the molecule is CCC(=O)N1CCc2cc(CNC(=O)Nc3cc(Cl)ccc3C)ccc21. The van der Waals surface area contributed by atoms with Crippen LogP contribution in [0.3, 0.4) is 0 Å². The Morgan fingerprint density at radius 1 is 1.19 bits per heavy atom. The zero-order valence-electron chi connectivity index (χ0n) is 14.9. The van der Waals surface area contributed by atoms with Gasteiger partial charge in [-0.3, -0.25) is 4.79 Å². The Labute approximate surface area is 158 Å². The Morgan fingerprint density at radius 3 is 2.77 bits per heavy atom. The van der Waals surface area contributed by atoms with E-state index in [-0.39, 0.29) is 11.9 Å². The number of rotatable bonds is 4. The van der Waals surface area contributed by atoms with Crippen LogP contribution in [-0.2, 0) is 17.8 Å². The summed E-state index contributed by atoms with van der Waals surface area (Å²) in [7, 11) is 0. The number of aryl methyl sites for hydroxylation is 1. The van der Waals surface area contributed by atoms with Crippen LogP contribution in [0.1, 0.15) is 30.0 Å². The smallest absolute Gasteiger partial charge is 0.319 e. The van der Waals surface area contributed by atoms with E-state index in [0.717, 1.165) is 35.3 Å². The highest BCUT2D eigenvalue weighted by molar-refractivity contribution is 6.31. The fourth-order valence-corrected chi connectivity index (χ4v) is 3.26. The lowest BCUT2D eigenvalue weighted by Crippen LogP contribution is -2.28. The number of halogens is 1. The summed E-state index contributed by atoms with van der Waals surface area (Å²) in [6, 6.07) is 11.1. The number of amides is 3. The fraction of sp³-hybridized carbons (Fsp3) is 0.300. The van der Waals surface area contributed by atoms with Gasteiger partial charge in [-0.1, -0.05) is 36.7 Å². The fourth-order valence-electron chi connectivity index (χ4n) is 3.09. The van der Waals surface area contributed by atoms with Crippen molar-refractivity contribution in [2.75, 3.05) is 16.8 Å². The Bertz CT molecular complexity index is 851. The largest absolute Gasteiger partial charge is 0.334 e. The van der Waals surface area contributed by atoms with Gasteiger partial charge in [-0.15, -0.1) is 0 Å². The van der Waals surface area contributed by atoms with Gasteiger partial charge >= 0.3 is 6.03 Å². The van der Waals surface area contributed by atoms with Crippen LogP contribution in [0.15, 0.2) is 36.4 Å². The molecule has 2 aromatic carbocycles. The van der Waals surface area contributed by atoms with Crippen LogP contribution in [-0.4, -0.2) is 18.5 Å². The van der Waals surface area contributed by atoms with Crippen LogP contribution in [0.25, 0.3) is 0 Å². The molecule has 0 unspecified atom stereocenters. The third kappa shape index (κ3) is 3.99. The van der Waals surface area contributed by atoms with Crippen molar-refractivity contribution in [1.29, 1.82) is 0 Å². The second-order valence-electron chi connectivity index (χ2n) is 6.38. The summed E-state index contributed by atoms with van der Waals surface area (Å²) in [5.41, 5.74) is 4.78. The summed E-state index contributed by atoms with van der Waals surface area (Å²) in [6.45, 7) is 4.93. The predicted molar refractivity (Wildman–Crippen MR) is 105 cm³/mol. The lowest BCUT2D eigenvalue weighted by molar-refractivity contribution is -0.118. The molecule has 0 spiro atoms. The van der Waals surface area contributed by atoms with E-state index in [1.807, 2.05) is 36.9 Å². The van der Waals surface area contributed by atoms with E-state index in [9.17, 15) is 9.59 Å². The van der Waals surface area contributed by atoms with Crippen molar-refractivity contribution in [3.63, 3.8) is 0 Å². The summed E-state index contributed by atoms with van der Waals surface area (Å²) in [5, 5.41) is 6.25. The molecule has 1 heterocycles. The first-order valence-electron chi connectivity index (χ1n) is 8.71. The van der Waals surface area contributed by atoms with Crippen molar-refractivity contribution >= 4 is 34.9 Å². The summed E-state index contributed by atoms with van der Waals surface area (Å²) < 4.78 is 0. The molecule has 26 heavy (non-hydrogen) atoms. The van der Waals surface area contributed by atoms with Crippen molar-refractivity contribution in [3.05, 3.63) is 58.1 Å². The molecule has 0 fully saturated rings. The van der Waals surface area contributed by atoms with E-state index in [1.54, 1.807) is 12.1 Å². The van der Waals surface area contributed by atoms with Gasteiger partial charge in [0.1, 0.15) is 0 Å². The second-order valence-corrected chi connectivity index (χ2v) is 6.82. The number of hydrogen-bond acceptors (Lipinski definition) is 2. The minimum Gasteiger partial charge on any atom is -0.334 e. The first kappa shape index (κ1) is 18.3. The first-order valence-corrected chi connectivity index (χ1v) is 9.09. The van der Waals surface area contributed by atoms with E-state index < -0.39 is 0 Å². The van der Waals surface area contributed by atoms with Crippen molar-refractivity contribution in [2.24, 2.45) is 0 Å². The molecule has 0 aromatic heterocycles. The average Bonchev–Trinajstić information content (AvgIpc) is 3.05. The zero-order chi connectivity index (χ0) is 18.7. The molecule has 3 rings (SSSR count). The molecule has 1 aliphatic heterocycles. The van der Waals surface area contributed by atoms with Gasteiger partial charge in [0.05, 0.1) is 0 Å². The quantitative estimate of drug-likeness (QED) is 0.843. The zero-order valence-corrected chi connectivity index (χ0v) is 15.7. The minimum atomic E-state index is -0.279. The van der Waals surface area contributed by atoms with Gasteiger partial charge < -0.3 is 15.5 Å². The maximum atomic E-state index is 12.1. The maximum Gasteiger partial charge on any atom is 0.319 e. The van der Waals surface area contributed by atoms with Crippen molar-refractivity contribution in [3.8, 4) is 0 Å². The number of carbonyl (C=O) groups excluding carboxylic acids is 2. The molecular formula is C20H22ClN3O2. The van der Waals surface area contributed by atoms with Crippen LogP contribution in [0, 0.1) is 6.92 Å². The number of hydrogen-bond donors (Lipinski definition) is 2. The molecule has 0 aliphatic carbocycles. The molecule has 0 bridgehead atoms. The monoisotopic (exact) mass is 371 g/mol. The minimum absolute atomic E-state index is 0.144. The molecule has 136 valence electrons. The molecule has 0 saturated heterocycles. The number of carbonyl (C=O) groups is 2. The van der Waals surface area contributed by atoms with E-state index in [0.29, 0.717) is 23.7 Å². The Balaban J connectivity index is 1.61. The van der Waals surface area contributed by atoms with E-state index in [1.165, 1.54) is 0 Å². The topological polar surface area (TPSA) is 61.4 Å². The molecule has 6 heteroatoms. The molecule has 2 aromatic rings. The Kier molecular flexibility index (Phi) is 5.47. The Hall–Kier alpha value is -2.53. The molecule has 5 nitrogen and oxygen atoms in total.